The van der Waals surface area contributed by atoms with Crippen molar-refractivity contribution in [2.75, 3.05) is 5.32 Å². The van der Waals surface area contributed by atoms with Crippen molar-refractivity contribution >= 4 is 34.1 Å². The van der Waals surface area contributed by atoms with E-state index in [9.17, 15) is 9.59 Å². The molecule has 2 aromatic heterocycles. The summed E-state index contributed by atoms with van der Waals surface area (Å²) in [5.41, 5.74) is 4.75. The number of anilines is 1. The number of amides is 1. The highest BCUT2D eigenvalue weighted by molar-refractivity contribution is 6.31. The van der Waals surface area contributed by atoms with Crippen LogP contribution in [0.25, 0.3) is 16.6 Å². The maximum Gasteiger partial charge on any atom is 0.295 e. The Morgan fingerprint density at radius 2 is 1.76 bits per heavy atom. The summed E-state index contributed by atoms with van der Waals surface area (Å²) >= 11 is 6.19. The highest BCUT2D eigenvalue weighted by Crippen LogP contribution is 2.25. The SMILES string of the molecule is CCC(C(=O)Nc1cccc(Cl)c1C)n1nc(C)c2c(C)n(-c3ccc(C)cc3)nc2c1=O. The summed E-state index contributed by atoms with van der Waals surface area (Å²) < 4.78 is 3.00. The van der Waals surface area contributed by atoms with Crippen molar-refractivity contribution in [3.05, 3.63) is 80.4 Å². The number of hydrogen-bond acceptors (Lipinski definition) is 4. The Labute approximate surface area is 197 Å². The Morgan fingerprint density at radius 3 is 2.42 bits per heavy atom. The summed E-state index contributed by atoms with van der Waals surface area (Å²) in [6.45, 7) is 9.44. The minimum absolute atomic E-state index is 0.297. The van der Waals surface area contributed by atoms with Crippen LogP contribution in [0.15, 0.2) is 47.3 Å². The zero-order chi connectivity index (χ0) is 23.9. The number of rotatable bonds is 5. The Bertz CT molecular complexity index is 1420. The third-order valence-electron chi connectivity index (χ3n) is 5.94. The first-order valence-electron chi connectivity index (χ1n) is 10.8. The van der Waals surface area contributed by atoms with Gasteiger partial charge in [0.25, 0.3) is 5.56 Å². The van der Waals surface area contributed by atoms with Crippen LogP contribution in [0.4, 0.5) is 5.69 Å². The molecule has 0 fully saturated rings. The Balaban J connectivity index is 1.79. The summed E-state index contributed by atoms with van der Waals surface area (Å²) in [5, 5.41) is 13.3. The Hall–Kier alpha value is -3.45. The van der Waals surface area contributed by atoms with Crippen molar-refractivity contribution in [3.8, 4) is 5.69 Å². The molecule has 2 aromatic carbocycles. The first kappa shape index (κ1) is 22.7. The Kier molecular flexibility index (Phi) is 6.08. The molecule has 0 saturated carbocycles. The molecule has 8 heteroatoms. The fourth-order valence-corrected chi connectivity index (χ4v) is 4.20. The Morgan fingerprint density at radius 1 is 1.06 bits per heavy atom. The van der Waals surface area contributed by atoms with Gasteiger partial charge < -0.3 is 5.32 Å². The molecule has 4 aromatic rings. The van der Waals surface area contributed by atoms with Crippen LogP contribution in [-0.4, -0.2) is 25.5 Å². The lowest BCUT2D eigenvalue weighted by molar-refractivity contribution is -0.119. The van der Waals surface area contributed by atoms with E-state index in [1.54, 1.807) is 22.9 Å². The second-order valence-corrected chi connectivity index (χ2v) is 8.62. The normalized spacial score (nSPS) is 12.2. The minimum atomic E-state index is -0.788. The molecule has 1 N–H and O–H groups in total. The molecule has 4 rings (SSSR count). The van der Waals surface area contributed by atoms with Gasteiger partial charge in [0.1, 0.15) is 6.04 Å². The molecule has 0 aliphatic carbocycles. The molecule has 1 amide bonds. The average Bonchev–Trinajstić information content (AvgIpc) is 3.14. The van der Waals surface area contributed by atoms with Crippen molar-refractivity contribution in [3.63, 3.8) is 0 Å². The fraction of sp³-hybridized carbons (Fsp3) is 0.280. The van der Waals surface area contributed by atoms with Crippen LogP contribution in [-0.2, 0) is 4.79 Å². The molecule has 1 atom stereocenters. The standard InChI is InChI=1S/C25H26ClN5O2/c1-6-21(24(32)27-20-9-7-8-19(26)15(20)3)31-25(33)23-22(16(4)28-31)17(5)30(29-23)18-12-10-14(2)11-13-18/h7-13,21H,6H2,1-5H3,(H,27,32). The predicted molar refractivity (Wildman–Crippen MR) is 131 cm³/mol. The number of fused-ring (bicyclic) bond motifs is 1. The van der Waals surface area contributed by atoms with Gasteiger partial charge in [-0.25, -0.2) is 9.36 Å². The first-order chi connectivity index (χ1) is 15.7. The van der Waals surface area contributed by atoms with Gasteiger partial charge in [0.05, 0.1) is 22.5 Å². The van der Waals surface area contributed by atoms with Gasteiger partial charge in [0.2, 0.25) is 5.91 Å². The maximum absolute atomic E-state index is 13.4. The van der Waals surface area contributed by atoms with E-state index >= 15 is 0 Å². The van der Waals surface area contributed by atoms with E-state index in [4.69, 9.17) is 11.6 Å². The largest absolute Gasteiger partial charge is 0.324 e. The van der Waals surface area contributed by atoms with E-state index in [-0.39, 0.29) is 5.91 Å². The van der Waals surface area contributed by atoms with Crippen LogP contribution in [0, 0.1) is 27.7 Å². The van der Waals surface area contributed by atoms with E-state index in [0.717, 1.165) is 22.5 Å². The molecule has 0 bridgehead atoms. The van der Waals surface area contributed by atoms with E-state index in [1.807, 2.05) is 58.9 Å². The van der Waals surface area contributed by atoms with Gasteiger partial charge in [-0.05, 0) is 63.9 Å². The highest BCUT2D eigenvalue weighted by Gasteiger charge is 2.25. The smallest absolute Gasteiger partial charge is 0.295 e. The molecule has 2 heterocycles. The van der Waals surface area contributed by atoms with E-state index in [0.29, 0.717) is 33.7 Å². The molecular formula is C25H26ClN5O2. The van der Waals surface area contributed by atoms with Gasteiger partial charge in [-0.3, -0.25) is 9.59 Å². The zero-order valence-corrected chi connectivity index (χ0v) is 20.1. The molecule has 33 heavy (non-hydrogen) atoms. The third-order valence-corrected chi connectivity index (χ3v) is 6.34. The molecule has 0 aliphatic heterocycles. The quantitative estimate of drug-likeness (QED) is 0.448. The lowest BCUT2D eigenvalue weighted by Gasteiger charge is -2.18. The van der Waals surface area contributed by atoms with Crippen molar-refractivity contribution in [2.24, 2.45) is 0 Å². The van der Waals surface area contributed by atoms with Crippen molar-refractivity contribution < 1.29 is 4.79 Å². The van der Waals surface area contributed by atoms with Crippen molar-refractivity contribution in [1.82, 2.24) is 19.6 Å². The van der Waals surface area contributed by atoms with E-state index in [2.05, 4.69) is 15.5 Å². The van der Waals surface area contributed by atoms with Crippen LogP contribution < -0.4 is 10.9 Å². The second-order valence-electron chi connectivity index (χ2n) is 8.22. The molecule has 0 spiro atoms. The molecule has 0 saturated heterocycles. The summed E-state index contributed by atoms with van der Waals surface area (Å²) in [7, 11) is 0. The van der Waals surface area contributed by atoms with Crippen LogP contribution >= 0.6 is 11.6 Å². The molecule has 0 radical (unpaired) electrons. The topological polar surface area (TPSA) is 81.8 Å². The molecule has 7 nitrogen and oxygen atoms in total. The zero-order valence-electron chi connectivity index (χ0n) is 19.3. The molecule has 0 aliphatic rings. The van der Waals surface area contributed by atoms with Gasteiger partial charge in [-0.15, -0.1) is 0 Å². The van der Waals surface area contributed by atoms with Crippen molar-refractivity contribution in [2.45, 2.75) is 47.1 Å². The van der Waals surface area contributed by atoms with Gasteiger partial charge in [-0.1, -0.05) is 42.3 Å². The summed E-state index contributed by atoms with van der Waals surface area (Å²) in [5.74, 6) is -0.328. The van der Waals surface area contributed by atoms with Crippen LogP contribution in [0.1, 0.15) is 41.9 Å². The molecule has 170 valence electrons. The van der Waals surface area contributed by atoms with Gasteiger partial charge >= 0.3 is 0 Å². The van der Waals surface area contributed by atoms with Crippen LogP contribution in [0.3, 0.4) is 0 Å². The van der Waals surface area contributed by atoms with Gasteiger partial charge in [0, 0.05) is 10.7 Å². The summed E-state index contributed by atoms with van der Waals surface area (Å²) in [6.07, 6.45) is 0.390. The molecule has 1 unspecified atom stereocenters. The number of carbonyl (C=O) groups excluding carboxylic acids is 1. The second kappa shape index (κ2) is 8.83. The van der Waals surface area contributed by atoms with E-state index < -0.39 is 11.6 Å². The fourth-order valence-electron chi connectivity index (χ4n) is 4.03. The van der Waals surface area contributed by atoms with E-state index in [1.165, 1.54) is 4.68 Å². The predicted octanol–water partition coefficient (Wildman–Crippen LogP) is 5.06. The highest BCUT2D eigenvalue weighted by atomic mass is 35.5. The van der Waals surface area contributed by atoms with Gasteiger partial charge in [0.15, 0.2) is 5.52 Å². The van der Waals surface area contributed by atoms with Crippen molar-refractivity contribution in [1.29, 1.82) is 0 Å². The number of aryl methyl sites for hydroxylation is 3. The van der Waals surface area contributed by atoms with Crippen LogP contribution in [0.5, 0.6) is 0 Å². The number of nitrogens with one attached hydrogen (secondary N) is 1. The number of benzene rings is 2. The number of aromatic nitrogens is 4. The first-order valence-corrected chi connectivity index (χ1v) is 11.2. The third kappa shape index (κ3) is 4.04. The monoisotopic (exact) mass is 463 g/mol. The van der Waals surface area contributed by atoms with Gasteiger partial charge in [-0.2, -0.15) is 10.2 Å². The number of carbonyl (C=O) groups is 1. The number of nitrogens with zero attached hydrogens (tertiary/aromatic N) is 4. The maximum atomic E-state index is 13.4. The number of halogens is 1. The minimum Gasteiger partial charge on any atom is -0.324 e. The summed E-state index contributed by atoms with van der Waals surface area (Å²) in [4.78, 5) is 26.6. The summed E-state index contributed by atoms with van der Waals surface area (Å²) in [6, 6.07) is 12.5. The van der Waals surface area contributed by atoms with Crippen LogP contribution in [0.2, 0.25) is 5.02 Å². The number of hydrogen-bond donors (Lipinski definition) is 1. The lowest BCUT2D eigenvalue weighted by Crippen LogP contribution is -2.35. The average molecular weight is 464 g/mol. The lowest BCUT2D eigenvalue weighted by atomic mass is 10.1. The molecular weight excluding hydrogens is 438 g/mol.